The summed E-state index contributed by atoms with van der Waals surface area (Å²) < 4.78 is 17.7. The maximum Gasteiger partial charge on any atom is 0.159 e. The highest BCUT2D eigenvalue weighted by Crippen LogP contribution is 2.70. The lowest BCUT2D eigenvalue weighted by Gasteiger charge is -2.56. The Morgan fingerprint density at radius 1 is 0.318 bits per heavy atom. The van der Waals surface area contributed by atoms with Crippen molar-refractivity contribution in [3.8, 4) is 0 Å². The minimum atomic E-state index is -0.476. The summed E-state index contributed by atoms with van der Waals surface area (Å²) >= 11 is 0. The molecule has 20 nitrogen and oxygen atoms in total. The molecule has 16 saturated carbocycles. The number of hydrogen-bond donors (Lipinski definition) is 4. The lowest BCUT2D eigenvalue weighted by atomic mass is 9.49. The zero-order valence-electron chi connectivity index (χ0n) is 81.2. The third-order valence-electron chi connectivity index (χ3n) is 42.2. The molecule has 4 aromatic heterocycles. The average Bonchev–Trinajstić information content (AvgIpc) is 1.35. The van der Waals surface area contributed by atoms with E-state index in [4.69, 9.17) is 0 Å². The van der Waals surface area contributed by atoms with E-state index in [1.165, 1.54) is 152 Å². The number of benzene rings is 4. The van der Waals surface area contributed by atoms with Crippen LogP contribution < -0.4 is 0 Å². The fourth-order valence-corrected chi connectivity index (χ4v) is 36.2. The number of carbonyl (C=O) groups is 4. The molecule has 21 heteroatoms. The van der Waals surface area contributed by atoms with Crippen LogP contribution in [0.15, 0.2) is 72.8 Å². The molecule has 132 heavy (non-hydrogen) atoms. The Balaban J connectivity index is 0.000000106. The minimum absolute atomic E-state index is 0.0484. The molecule has 0 bridgehead atoms. The van der Waals surface area contributed by atoms with E-state index in [0.717, 1.165) is 211 Å². The SMILES string of the molecule is C[C@@]1(O)CC[C@H]2[C@H](CC[C@@H]3[C@@H]2CC[C@]2(C)[C@@H](C(=O)Cn4nc5cccc(F)c5n4)CC[C@@H]32)C1.Cc1cccc2c1nnn2CC(=O)[C@H]1CC[C@H]2[C@@H]3CC[C@@H]4C[C@](C)(O)CC[C@@H]4[C@H]3CC[C@]12C.Cc1cccc2nn(CC(=O)[C@H]3CC[C@H]4[C@@H]5CC[C@@H]6C[C@](C)(O)CC[C@@H]6[C@H]5CC[C@]34C)nc12.Cc1cccc2nnn(CC(=O)[C@@H]3CC[C@H]4[C@@H]5CC[C@@H]6C[C@](C)(O)CC[C@@H]6[C@H]5CC[C@]34C)c12. The first-order chi connectivity index (χ1) is 63.0. The van der Waals surface area contributed by atoms with Crippen molar-refractivity contribution in [1.29, 1.82) is 0 Å². The zero-order chi connectivity index (χ0) is 91.8. The molecule has 8 aromatic rings. The summed E-state index contributed by atoms with van der Waals surface area (Å²) in [7, 11) is 0. The highest BCUT2D eigenvalue weighted by atomic mass is 19.1. The fourth-order valence-electron chi connectivity index (χ4n) is 36.2. The second kappa shape index (κ2) is 34.5. The molecule has 16 aliphatic rings. The summed E-state index contributed by atoms with van der Waals surface area (Å²) in [5, 5.41) is 77.7. The number of aryl methyl sites for hydroxylation is 3. The molecule has 4 heterocycles. The summed E-state index contributed by atoms with van der Waals surface area (Å²) in [4.78, 5) is 57.4. The van der Waals surface area contributed by atoms with Gasteiger partial charge >= 0.3 is 0 Å². The predicted octanol–water partition coefficient (Wildman–Crippen LogP) is 21.1. The zero-order valence-corrected chi connectivity index (χ0v) is 81.2. The number of aliphatic hydroxyl groups is 4. The van der Waals surface area contributed by atoms with Crippen molar-refractivity contribution in [2.45, 2.75) is 356 Å². The molecule has 16 fully saturated rings. The van der Waals surface area contributed by atoms with E-state index in [0.29, 0.717) is 89.8 Å². The van der Waals surface area contributed by atoms with Gasteiger partial charge in [-0.2, -0.15) is 24.9 Å². The number of Topliss-reactive ketones (excluding diaryl/α,β-unsaturated/α-hetero) is 4. The summed E-state index contributed by atoms with van der Waals surface area (Å²) in [5.74, 6) is 16.3. The Labute approximate surface area is 781 Å². The van der Waals surface area contributed by atoms with Gasteiger partial charge in [-0.1, -0.05) is 80.6 Å². The van der Waals surface area contributed by atoms with Gasteiger partial charge in [-0.3, -0.25) is 19.2 Å². The second-order valence-electron chi connectivity index (χ2n) is 49.7. The lowest BCUT2D eigenvalue weighted by molar-refractivity contribution is -0.133. The van der Waals surface area contributed by atoms with Crippen molar-refractivity contribution in [1.82, 2.24) is 60.0 Å². The quantitative estimate of drug-likeness (QED) is 0.0885. The van der Waals surface area contributed by atoms with Gasteiger partial charge in [0.1, 0.15) is 59.3 Å². The monoisotopic (exact) mass is 1800 g/mol. The first kappa shape index (κ1) is 91.3. The largest absolute Gasteiger partial charge is 0.390 e. The van der Waals surface area contributed by atoms with Crippen molar-refractivity contribution in [2.24, 2.45) is 164 Å². The number of halogens is 1. The van der Waals surface area contributed by atoms with Crippen molar-refractivity contribution in [2.75, 3.05) is 0 Å². The number of fused-ring (bicyclic) bond motifs is 24. The van der Waals surface area contributed by atoms with Crippen LogP contribution in [-0.4, -0.2) is 126 Å². The average molecular weight is 1800 g/mol. The van der Waals surface area contributed by atoms with Gasteiger partial charge in [0.15, 0.2) is 29.0 Å². The van der Waals surface area contributed by atoms with E-state index >= 15 is 0 Å². The van der Waals surface area contributed by atoms with Crippen molar-refractivity contribution in [3.63, 3.8) is 0 Å². The van der Waals surface area contributed by atoms with E-state index < -0.39 is 28.2 Å². The minimum Gasteiger partial charge on any atom is -0.390 e. The summed E-state index contributed by atoms with van der Waals surface area (Å²) in [6, 6.07) is 22.9. The van der Waals surface area contributed by atoms with Crippen molar-refractivity contribution in [3.05, 3.63) is 95.3 Å². The van der Waals surface area contributed by atoms with Crippen molar-refractivity contribution < 1.29 is 44.0 Å². The first-order valence-electron chi connectivity index (χ1n) is 52.9. The van der Waals surface area contributed by atoms with E-state index in [1.807, 2.05) is 99.4 Å². The molecule has 24 rings (SSSR count). The Hall–Kier alpha value is -7.07. The maximum atomic E-state index is 14.0. The Morgan fingerprint density at radius 2 is 0.636 bits per heavy atom. The first-order valence-corrected chi connectivity index (χ1v) is 52.9. The van der Waals surface area contributed by atoms with Crippen LogP contribution in [0.4, 0.5) is 4.39 Å². The molecular weight excluding hydrogens is 1650 g/mol. The summed E-state index contributed by atoms with van der Waals surface area (Å²) in [5.41, 5.74) is 8.26. The predicted molar refractivity (Wildman–Crippen MR) is 509 cm³/mol. The number of ketones is 4. The maximum absolute atomic E-state index is 14.0. The summed E-state index contributed by atoms with van der Waals surface area (Å²) in [6.07, 6.45) is 41.3. The smallest absolute Gasteiger partial charge is 0.159 e. The van der Waals surface area contributed by atoms with Crippen LogP contribution in [0.25, 0.3) is 44.1 Å². The highest BCUT2D eigenvalue weighted by Gasteiger charge is 2.65. The van der Waals surface area contributed by atoms with Gasteiger partial charge in [-0.25, -0.2) is 13.8 Å². The van der Waals surface area contributed by atoms with Crippen LogP contribution in [0.1, 0.15) is 303 Å². The molecule has 0 aliphatic heterocycles. The molecule has 712 valence electrons. The molecule has 0 amide bonds. The Kier molecular flexibility index (Phi) is 23.9. The van der Waals surface area contributed by atoms with Gasteiger partial charge in [0.05, 0.1) is 33.4 Å². The van der Waals surface area contributed by atoms with Crippen LogP contribution in [0.3, 0.4) is 0 Å². The number of rotatable bonds is 12. The third-order valence-corrected chi connectivity index (χ3v) is 42.2. The molecule has 32 atom stereocenters. The van der Waals surface area contributed by atoms with Crippen molar-refractivity contribution >= 4 is 67.3 Å². The number of hydrogen-bond acceptors (Lipinski definition) is 16. The molecule has 4 N–H and O–H groups in total. The number of aromatic nitrogens is 12. The Bertz CT molecular complexity index is 5470. The van der Waals surface area contributed by atoms with E-state index in [9.17, 15) is 44.0 Å². The van der Waals surface area contributed by atoms with Gasteiger partial charge < -0.3 is 20.4 Å². The fraction of sp³-hybridized carbons (Fsp3) is 0.748. The van der Waals surface area contributed by atoms with Gasteiger partial charge in [-0.15, -0.1) is 15.3 Å². The van der Waals surface area contributed by atoms with Gasteiger partial charge in [0.25, 0.3) is 0 Å². The molecule has 0 unspecified atom stereocenters. The second-order valence-corrected chi connectivity index (χ2v) is 49.7. The van der Waals surface area contributed by atoms with E-state index in [-0.39, 0.29) is 63.2 Å². The van der Waals surface area contributed by atoms with Gasteiger partial charge in [0.2, 0.25) is 0 Å². The molecule has 0 spiro atoms. The number of para-hydroxylation sites is 1. The molecule has 0 saturated heterocycles. The Morgan fingerprint density at radius 3 is 1.02 bits per heavy atom. The number of carbonyl (C=O) groups excluding carboxylic acids is 4. The normalized spacial score (nSPS) is 42.5. The van der Waals surface area contributed by atoms with Crippen LogP contribution in [-0.2, 0) is 45.4 Å². The molecule has 16 aliphatic carbocycles. The van der Waals surface area contributed by atoms with E-state index in [1.54, 1.807) is 16.9 Å². The topological polar surface area (TPSA) is 272 Å². The standard InChI is InChI=1S/3C28H39N3O2.C27H36FN3O2/c1-17-5-4-6-24-26(17)29-30-31(24)16-25(32)23-10-9-22-21-8-7-18-15-27(2,33)13-11-19(18)20(21)12-14-28(22,23)3;1-17-5-4-6-24-26(17)31(30-29-24)16-25(32)23-10-9-22-21-8-7-18-15-27(2,33)13-11-19(18)20(21)12-14-28(22,23)3;1-17-5-4-6-24-26(17)30-31(29-24)16-25(32)23-10-9-22-21-8-7-18-15-27(2,33)13-11-19(18)20(21)12-14-28(22,23)3;1-26(33)12-10-17-16(14-26)6-7-19-18(17)11-13-27(2)20(19)8-9-21(27)24(32)15-31-29-23-5-3-4-22(28)25(23)30-31/h3*4-6,18-23,33H,7-16H2,1-3H3;3-5,16-21,33H,6-15H2,1-2H3/t18-,19+,20-,21-,22+,23-,27-,28+;18-,19+,20-,21-,22+,23+,27-,28+;18-,19+,20-,21-,22+,23-,27-,28+;16-,17+,18-,19-,20+,21-,26-,27+/m1111/s1. The van der Waals surface area contributed by atoms with Gasteiger partial charge in [-0.05, 0) is 467 Å². The van der Waals surface area contributed by atoms with Crippen LogP contribution in [0.5, 0.6) is 0 Å². The van der Waals surface area contributed by atoms with Crippen LogP contribution in [0, 0.1) is 190 Å². The highest BCUT2D eigenvalue weighted by molar-refractivity contribution is 5.87. The number of nitrogens with zero attached hydrogens (tertiary/aromatic N) is 12. The van der Waals surface area contributed by atoms with Crippen LogP contribution >= 0.6 is 0 Å². The molecule has 0 radical (unpaired) electrons. The molecule has 4 aromatic carbocycles. The van der Waals surface area contributed by atoms with E-state index in [2.05, 4.69) is 81.7 Å². The lowest BCUT2D eigenvalue weighted by Crippen LogP contribution is -2.51. The summed E-state index contributed by atoms with van der Waals surface area (Å²) in [6.45, 7) is 25.1. The van der Waals surface area contributed by atoms with Gasteiger partial charge in [0, 0.05) is 23.7 Å². The molecular formula is C111H153FN12O8. The van der Waals surface area contributed by atoms with Crippen LogP contribution in [0.2, 0.25) is 0 Å². The third kappa shape index (κ3) is 16.3.